The largest absolute Gasteiger partial charge is 0.490 e. The van der Waals surface area contributed by atoms with Gasteiger partial charge in [0.15, 0.2) is 0 Å². The zero-order valence-corrected chi connectivity index (χ0v) is 24.3. The molecule has 3 aromatic rings. The van der Waals surface area contributed by atoms with Crippen LogP contribution in [0.3, 0.4) is 0 Å². The number of carbonyl (C=O) groups excluding carboxylic acids is 1. The van der Waals surface area contributed by atoms with E-state index >= 15 is 8.78 Å². The molecule has 1 aliphatic heterocycles. The molecule has 7 nitrogen and oxygen atoms in total. The standard InChI is InChI=1S/C29H32BrF2N3O4S/c30-20-10-8-19(9-11-20)29(31,32)27(28(36)35-15-3-4-21(33)17-35)26-24-13-12-23(39-22-5-1-2-6-22)16-18(24)7-14-25(26)40(34,37)38/h7-14,16,21-22,27H,1-6,15,17,33H2,(H2,34,37,38)/t21-,27+/m0/s1. The van der Waals surface area contributed by atoms with Gasteiger partial charge < -0.3 is 15.4 Å². The maximum atomic E-state index is 16.6. The Hall–Kier alpha value is -2.60. The highest BCUT2D eigenvalue weighted by molar-refractivity contribution is 9.10. The van der Waals surface area contributed by atoms with Crippen LogP contribution < -0.4 is 15.6 Å². The Morgan fingerprint density at radius 1 is 1.02 bits per heavy atom. The Morgan fingerprint density at radius 3 is 2.38 bits per heavy atom. The van der Waals surface area contributed by atoms with E-state index in [1.807, 2.05) is 0 Å². The second-order valence-electron chi connectivity index (χ2n) is 10.7. The van der Waals surface area contributed by atoms with Gasteiger partial charge in [0.2, 0.25) is 15.9 Å². The number of likely N-dealkylation sites (tertiary alicyclic amines) is 1. The van der Waals surface area contributed by atoms with Gasteiger partial charge in [-0.1, -0.05) is 40.2 Å². The first-order chi connectivity index (χ1) is 18.9. The third kappa shape index (κ3) is 5.88. The third-order valence-electron chi connectivity index (χ3n) is 7.80. The molecule has 3 aromatic carbocycles. The molecule has 2 aliphatic rings. The van der Waals surface area contributed by atoms with Gasteiger partial charge in [-0.3, -0.25) is 4.79 Å². The summed E-state index contributed by atoms with van der Waals surface area (Å²) in [4.78, 5) is 14.9. The van der Waals surface area contributed by atoms with Crippen molar-refractivity contribution < 1.29 is 26.7 Å². The van der Waals surface area contributed by atoms with E-state index in [-0.39, 0.29) is 36.2 Å². The number of ether oxygens (including phenoxy) is 1. The maximum Gasteiger partial charge on any atom is 0.288 e. The summed E-state index contributed by atoms with van der Waals surface area (Å²) in [7, 11) is -4.49. The number of primary sulfonamides is 1. The molecule has 0 aromatic heterocycles. The molecule has 1 saturated carbocycles. The summed E-state index contributed by atoms with van der Waals surface area (Å²) in [6, 6.07) is 12.6. The minimum absolute atomic E-state index is 0.0694. The number of rotatable bonds is 7. The van der Waals surface area contributed by atoms with Crippen molar-refractivity contribution >= 4 is 42.6 Å². The molecule has 40 heavy (non-hydrogen) atoms. The molecule has 1 amide bonds. The summed E-state index contributed by atoms with van der Waals surface area (Å²) in [6.07, 6.45) is 5.31. The van der Waals surface area contributed by atoms with Crippen LogP contribution in [0.1, 0.15) is 55.6 Å². The summed E-state index contributed by atoms with van der Waals surface area (Å²) in [6.45, 7) is 0.342. The van der Waals surface area contributed by atoms with Crippen LogP contribution in [0.5, 0.6) is 5.75 Å². The minimum Gasteiger partial charge on any atom is -0.490 e. The number of nitrogens with two attached hydrogens (primary N) is 2. The number of alkyl halides is 2. The van der Waals surface area contributed by atoms with Crippen LogP contribution >= 0.6 is 15.9 Å². The van der Waals surface area contributed by atoms with Crippen LogP contribution in [0.15, 0.2) is 64.0 Å². The monoisotopic (exact) mass is 635 g/mol. The van der Waals surface area contributed by atoms with Crippen molar-refractivity contribution in [3.8, 4) is 5.75 Å². The average Bonchev–Trinajstić information content (AvgIpc) is 3.41. The second kappa shape index (κ2) is 11.3. The molecule has 5 rings (SSSR count). The molecular formula is C29H32BrF2N3O4S. The molecule has 0 radical (unpaired) electrons. The smallest absolute Gasteiger partial charge is 0.288 e. The predicted octanol–water partition coefficient (Wildman–Crippen LogP) is 5.40. The molecule has 214 valence electrons. The Bertz CT molecular complexity index is 1510. The first-order valence-electron chi connectivity index (χ1n) is 13.4. The number of carbonyl (C=O) groups is 1. The first kappa shape index (κ1) is 28.9. The Balaban J connectivity index is 1.71. The molecule has 2 fully saturated rings. The quantitative estimate of drug-likeness (QED) is 0.361. The molecule has 1 aliphatic carbocycles. The minimum atomic E-state index is -4.49. The summed E-state index contributed by atoms with van der Waals surface area (Å²) >= 11 is 3.26. The summed E-state index contributed by atoms with van der Waals surface area (Å²) in [5, 5.41) is 6.25. The van der Waals surface area contributed by atoms with Gasteiger partial charge in [-0.2, -0.15) is 0 Å². The SMILES string of the molecule is N[C@H]1CCCN(C(=O)[C@@H](c2c(S(N)(=O)=O)ccc3cc(OC4CCCC4)ccc23)C(F)(F)c2ccc(Br)cc2)C1. The van der Waals surface area contributed by atoms with E-state index in [0.29, 0.717) is 28.5 Å². The van der Waals surface area contributed by atoms with Gasteiger partial charge >= 0.3 is 0 Å². The summed E-state index contributed by atoms with van der Waals surface area (Å²) < 4.78 is 65.6. The number of hydrogen-bond donors (Lipinski definition) is 2. The fraction of sp³-hybridized carbons (Fsp3) is 0.414. The summed E-state index contributed by atoms with van der Waals surface area (Å²) in [5.41, 5.74) is 5.34. The van der Waals surface area contributed by atoms with E-state index in [0.717, 1.165) is 25.7 Å². The summed E-state index contributed by atoms with van der Waals surface area (Å²) in [5.74, 6) is -6.30. The number of nitrogens with zero attached hydrogens (tertiary/aromatic N) is 1. The average molecular weight is 637 g/mol. The molecule has 1 saturated heterocycles. The van der Waals surface area contributed by atoms with E-state index in [2.05, 4.69) is 15.9 Å². The van der Waals surface area contributed by atoms with Gasteiger partial charge in [0.25, 0.3) is 5.92 Å². The van der Waals surface area contributed by atoms with Crippen molar-refractivity contribution in [1.29, 1.82) is 0 Å². The molecule has 1 heterocycles. The van der Waals surface area contributed by atoms with E-state index in [9.17, 15) is 13.2 Å². The second-order valence-corrected chi connectivity index (χ2v) is 13.1. The molecule has 0 unspecified atom stereocenters. The van der Waals surface area contributed by atoms with Crippen molar-refractivity contribution in [3.05, 3.63) is 70.2 Å². The lowest BCUT2D eigenvalue weighted by Gasteiger charge is -2.37. The van der Waals surface area contributed by atoms with Crippen LogP contribution in [0.25, 0.3) is 10.8 Å². The number of sulfonamides is 1. The van der Waals surface area contributed by atoms with E-state index < -0.39 is 38.2 Å². The van der Waals surface area contributed by atoms with Gasteiger partial charge in [-0.15, -0.1) is 0 Å². The Kier molecular flexibility index (Phi) is 8.20. The van der Waals surface area contributed by atoms with Gasteiger partial charge in [0, 0.05) is 29.2 Å². The molecule has 0 bridgehead atoms. The molecule has 11 heteroatoms. The topological polar surface area (TPSA) is 116 Å². The molecule has 2 atom stereocenters. The number of amides is 1. The highest BCUT2D eigenvalue weighted by atomic mass is 79.9. The van der Waals surface area contributed by atoms with Crippen LogP contribution in [0.2, 0.25) is 0 Å². The van der Waals surface area contributed by atoms with E-state index in [1.54, 1.807) is 18.2 Å². The normalized spacial score (nSPS) is 19.6. The highest BCUT2D eigenvalue weighted by Gasteiger charge is 2.51. The fourth-order valence-corrected chi connectivity index (χ4v) is 6.88. The van der Waals surface area contributed by atoms with Crippen LogP contribution in [-0.2, 0) is 20.7 Å². The van der Waals surface area contributed by atoms with Crippen LogP contribution in [0, 0.1) is 0 Å². The van der Waals surface area contributed by atoms with E-state index in [4.69, 9.17) is 15.6 Å². The van der Waals surface area contributed by atoms with Crippen LogP contribution in [0.4, 0.5) is 8.78 Å². The highest BCUT2D eigenvalue weighted by Crippen LogP contribution is 2.48. The number of benzene rings is 3. The van der Waals surface area contributed by atoms with Crippen molar-refractivity contribution in [2.24, 2.45) is 10.9 Å². The van der Waals surface area contributed by atoms with Crippen molar-refractivity contribution in [2.45, 2.75) is 67.4 Å². The zero-order valence-electron chi connectivity index (χ0n) is 21.9. The van der Waals surface area contributed by atoms with Crippen LogP contribution in [-0.4, -0.2) is 44.5 Å². The molecule has 0 spiro atoms. The van der Waals surface area contributed by atoms with Gasteiger partial charge in [-0.05, 0) is 85.2 Å². The van der Waals surface area contributed by atoms with Crippen molar-refractivity contribution in [1.82, 2.24) is 4.90 Å². The van der Waals surface area contributed by atoms with Gasteiger partial charge in [0.1, 0.15) is 11.7 Å². The van der Waals surface area contributed by atoms with Gasteiger partial charge in [-0.25, -0.2) is 22.3 Å². The number of fused-ring (bicyclic) bond motifs is 1. The van der Waals surface area contributed by atoms with Crippen molar-refractivity contribution in [3.63, 3.8) is 0 Å². The lowest BCUT2D eigenvalue weighted by atomic mass is 9.83. The Labute approximate surface area is 241 Å². The third-order valence-corrected chi connectivity index (χ3v) is 9.30. The van der Waals surface area contributed by atoms with E-state index in [1.165, 1.54) is 41.3 Å². The first-order valence-corrected chi connectivity index (χ1v) is 15.7. The number of halogens is 3. The molecule has 4 N–H and O–H groups in total. The number of hydrogen-bond acceptors (Lipinski definition) is 5. The fourth-order valence-electron chi connectivity index (χ4n) is 5.82. The Morgan fingerprint density at radius 2 is 1.73 bits per heavy atom. The number of piperidine rings is 1. The lowest BCUT2D eigenvalue weighted by Crippen LogP contribution is -2.50. The molecular weight excluding hydrogens is 604 g/mol. The maximum absolute atomic E-state index is 16.6. The zero-order chi connectivity index (χ0) is 28.7. The predicted molar refractivity (Wildman–Crippen MR) is 153 cm³/mol. The van der Waals surface area contributed by atoms with Crippen molar-refractivity contribution in [2.75, 3.05) is 13.1 Å². The lowest BCUT2D eigenvalue weighted by molar-refractivity contribution is -0.145. The van der Waals surface area contributed by atoms with Gasteiger partial charge in [0.05, 0.1) is 11.0 Å².